The van der Waals surface area contributed by atoms with Gasteiger partial charge < -0.3 is 4.74 Å². The molecule has 0 saturated heterocycles. The van der Waals surface area contributed by atoms with Crippen LogP contribution in [0.5, 0.6) is 5.75 Å². The predicted molar refractivity (Wildman–Crippen MR) is 79.7 cm³/mol. The van der Waals surface area contributed by atoms with E-state index in [0.29, 0.717) is 5.92 Å². The van der Waals surface area contributed by atoms with Gasteiger partial charge in [0.05, 0.1) is 11.0 Å². The lowest BCUT2D eigenvalue weighted by atomic mass is 10.0. The number of benzene rings is 1. The van der Waals surface area contributed by atoms with Crippen molar-refractivity contribution in [2.45, 2.75) is 45.8 Å². The van der Waals surface area contributed by atoms with Crippen molar-refractivity contribution in [2.75, 3.05) is 12.4 Å². The van der Waals surface area contributed by atoms with E-state index in [1.54, 1.807) is 13.8 Å². The van der Waals surface area contributed by atoms with E-state index < -0.39 is 9.84 Å². The Bertz CT molecular complexity index is 516. The number of hydrogen-bond donors (Lipinski definition) is 0. The van der Waals surface area contributed by atoms with E-state index in [-0.39, 0.29) is 17.6 Å². The molecule has 1 rings (SSSR count). The fraction of sp³-hybridized carbons (Fsp3) is 0.600. The molecule has 3 nitrogen and oxygen atoms in total. The summed E-state index contributed by atoms with van der Waals surface area (Å²) in [6, 6.07) is 6.10. The van der Waals surface area contributed by atoms with Gasteiger partial charge in [-0.2, -0.15) is 0 Å². The van der Waals surface area contributed by atoms with Crippen LogP contribution < -0.4 is 4.74 Å². The Kier molecular flexibility index (Phi) is 5.41. The molecular formula is C15H24O3S. The van der Waals surface area contributed by atoms with Crippen molar-refractivity contribution in [2.24, 2.45) is 0 Å². The van der Waals surface area contributed by atoms with Gasteiger partial charge in [0.2, 0.25) is 0 Å². The highest BCUT2D eigenvalue weighted by Crippen LogP contribution is 2.24. The second-order valence-corrected chi connectivity index (χ2v) is 8.12. The zero-order valence-corrected chi connectivity index (χ0v) is 13.3. The number of hydrogen-bond acceptors (Lipinski definition) is 3. The average molecular weight is 284 g/mol. The lowest BCUT2D eigenvalue weighted by Crippen LogP contribution is -2.22. The third-order valence-corrected chi connectivity index (χ3v) is 5.39. The van der Waals surface area contributed by atoms with Gasteiger partial charge in [-0.25, -0.2) is 8.42 Å². The molecule has 0 aliphatic heterocycles. The number of ether oxygens (including phenoxy) is 1. The van der Waals surface area contributed by atoms with Crippen LogP contribution in [0.3, 0.4) is 0 Å². The van der Waals surface area contributed by atoms with Gasteiger partial charge in [0.25, 0.3) is 0 Å². The van der Waals surface area contributed by atoms with Crippen molar-refractivity contribution in [3.05, 3.63) is 29.3 Å². The maximum atomic E-state index is 11.7. The molecule has 0 aromatic heterocycles. The highest BCUT2D eigenvalue weighted by molar-refractivity contribution is 7.91. The normalized spacial score (nSPS) is 12.2. The summed E-state index contributed by atoms with van der Waals surface area (Å²) in [5.41, 5.74) is 2.23. The van der Waals surface area contributed by atoms with E-state index in [0.717, 1.165) is 11.3 Å². The second kappa shape index (κ2) is 6.42. The molecule has 0 atom stereocenters. The van der Waals surface area contributed by atoms with Gasteiger partial charge in [-0.1, -0.05) is 26.0 Å². The van der Waals surface area contributed by atoms with Gasteiger partial charge >= 0.3 is 0 Å². The summed E-state index contributed by atoms with van der Waals surface area (Å²) >= 11 is 0. The molecule has 0 radical (unpaired) electrons. The van der Waals surface area contributed by atoms with Crippen molar-refractivity contribution in [1.82, 2.24) is 0 Å². The number of sulfone groups is 1. The minimum absolute atomic E-state index is 0.0655. The summed E-state index contributed by atoms with van der Waals surface area (Å²) in [7, 11) is -3.03. The third kappa shape index (κ3) is 4.53. The number of aryl methyl sites for hydroxylation is 1. The first kappa shape index (κ1) is 16.0. The molecule has 0 bridgehead atoms. The van der Waals surface area contributed by atoms with Crippen molar-refractivity contribution in [1.29, 1.82) is 0 Å². The molecule has 0 unspecified atom stereocenters. The molecule has 0 aliphatic rings. The Hall–Kier alpha value is -1.03. The first-order chi connectivity index (χ1) is 8.74. The third-order valence-electron chi connectivity index (χ3n) is 3.22. The van der Waals surface area contributed by atoms with E-state index in [1.165, 1.54) is 5.56 Å². The molecule has 0 heterocycles. The number of rotatable bonds is 6. The molecule has 0 saturated carbocycles. The SMILES string of the molecule is Cc1ccc(C(C)C)cc1OCCS(=O)(=O)C(C)C. The Morgan fingerprint density at radius 1 is 1.16 bits per heavy atom. The Labute approximate surface area is 116 Å². The van der Waals surface area contributed by atoms with Gasteiger partial charge in [-0.05, 0) is 43.9 Å². The van der Waals surface area contributed by atoms with Gasteiger partial charge in [-0.15, -0.1) is 0 Å². The van der Waals surface area contributed by atoms with E-state index in [4.69, 9.17) is 4.74 Å². The van der Waals surface area contributed by atoms with E-state index in [2.05, 4.69) is 19.9 Å². The van der Waals surface area contributed by atoms with Gasteiger partial charge in [0.15, 0.2) is 9.84 Å². The summed E-state index contributed by atoms with van der Waals surface area (Å²) in [6.07, 6.45) is 0. The molecule has 1 aromatic carbocycles. The fourth-order valence-corrected chi connectivity index (χ4v) is 2.42. The topological polar surface area (TPSA) is 43.4 Å². The van der Waals surface area contributed by atoms with E-state index in [1.807, 2.05) is 19.1 Å². The molecule has 108 valence electrons. The zero-order chi connectivity index (χ0) is 14.6. The summed E-state index contributed by atoms with van der Waals surface area (Å²) in [4.78, 5) is 0. The molecule has 4 heteroatoms. The lowest BCUT2D eigenvalue weighted by molar-refractivity contribution is 0.337. The van der Waals surface area contributed by atoms with Crippen LogP contribution in [0.1, 0.15) is 44.7 Å². The van der Waals surface area contributed by atoms with Crippen molar-refractivity contribution in [3.63, 3.8) is 0 Å². The Morgan fingerprint density at radius 2 is 1.79 bits per heavy atom. The van der Waals surface area contributed by atoms with Crippen LogP contribution in [0.15, 0.2) is 18.2 Å². The maximum absolute atomic E-state index is 11.7. The lowest BCUT2D eigenvalue weighted by Gasteiger charge is -2.13. The summed E-state index contributed by atoms with van der Waals surface area (Å²) in [5.74, 6) is 1.28. The highest BCUT2D eigenvalue weighted by Gasteiger charge is 2.16. The molecule has 0 N–H and O–H groups in total. The van der Waals surface area contributed by atoms with Gasteiger partial charge in [0, 0.05) is 0 Å². The standard InChI is InChI=1S/C15H24O3S/c1-11(2)14-7-6-13(5)15(10-14)18-8-9-19(16,17)12(3)4/h6-7,10-12H,8-9H2,1-5H3. The Balaban J connectivity index is 2.71. The molecule has 0 aliphatic carbocycles. The molecular weight excluding hydrogens is 260 g/mol. The fourth-order valence-electron chi connectivity index (χ4n) is 1.63. The minimum Gasteiger partial charge on any atom is -0.492 e. The largest absolute Gasteiger partial charge is 0.492 e. The first-order valence-corrected chi connectivity index (χ1v) is 8.40. The van der Waals surface area contributed by atoms with Crippen LogP contribution in [-0.2, 0) is 9.84 Å². The van der Waals surface area contributed by atoms with Crippen LogP contribution >= 0.6 is 0 Å². The highest BCUT2D eigenvalue weighted by atomic mass is 32.2. The first-order valence-electron chi connectivity index (χ1n) is 6.69. The van der Waals surface area contributed by atoms with Crippen LogP contribution in [0.25, 0.3) is 0 Å². The summed E-state index contributed by atoms with van der Waals surface area (Å²) < 4.78 is 29.0. The predicted octanol–water partition coefficient (Wildman–Crippen LogP) is 3.32. The van der Waals surface area contributed by atoms with Crippen LogP contribution in [0.4, 0.5) is 0 Å². The molecule has 19 heavy (non-hydrogen) atoms. The Morgan fingerprint density at radius 3 is 2.32 bits per heavy atom. The molecule has 0 spiro atoms. The van der Waals surface area contributed by atoms with Crippen molar-refractivity contribution >= 4 is 9.84 Å². The van der Waals surface area contributed by atoms with Crippen LogP contribution in [0, 0.1) is 6.92 Å². The zero-order valence-electron chi connectivity index (χ0n) is 12.4. The van der Waals surface area contributed by atoms with Gasteiger partial charge in [0.1, 0.15) is 12.4 Å². The molecule has 0 amide bonds. The van der Waals surface area contributed by atoms with Crippen LogP contribution in [0.2, 0.25) is 0 Å². The molecule has 1 aromatic rings. The summed E-state index contributed by atoms with van der Waals surface area (Å²) in [6.45, 7) is 9.81. The smallest absolute Gasteiger partial charge is 0.155 e. The quantitative estimate of drug-likeness (QED) is 0.805. The minimum atomic E-state index is -3.03. The summed E-state index contributed by atoms with van der Waals surface area (Å²) in [5, 5.41) is -0.348. The van der Waals surface area contributed by atoms with E-state index >= 15 is 0 Å². The molecule has 0 fully saturated rings. The maximum Gasteiger partial charge on any atom is 0.155 e. The monoisotopic (exact) mass is 284 g/mol. The average Bonchev–Trinajstić information content (AvgIpc) is 2.30. The van der Waals surface area contributed by atoms with Crippen molar-refractivity contribution in [3.8, 4) is 5.75 Å². The second-order valence-electron chi connectivity index (χ2n) is 5.44. The van der Waals surface area contributed by atoms with E-state index in [9.17, 15) is 8.42 Å². The van der Waals surface area contributed by atoms with Gasteiger partial charge in [-0.3, -0.25) is 0 Å². The van der Waals surface area contributed by atoms with Crippen LogP contribution in [-0.4, -0.2) is 26.0 Å². The van der Waals surface area contributed by atoms with Crippen molar-refractivity contribution < 1.29 is 13.2 Å².